The van der Waals surface area contributed by atoms with Crippen LogP contribution < -0.4 is 25.4 Å². The Bertz CT molecular complexity index is 1400. The van der Waals surface area contributed by atoms with E-state index < -0.39 is 6.10 Å². The second-order valence-electron chi connectivity index (χ2n) is 9.34. The summed E-state index contributed by atoms with van der Waals surface area (Å²) in [7, 11) is 3.04. The smallest absolute Gasteiger partial charge is 0.162 e. The average molecular weight is 585 g/mol. The lowest BCUT2D eigenvalue weighted by Crippen LogP contribution is -2.74. The molecular weight excluding hydrogens is 553 g/mol. The number of morpholine rings is 1. The maximum absolute atomic E-state index is 9.84. The third-order valence-electron chi connectivity index (χ3n) is 6.74. The minimum absolute atomic E-state index is 0.0839. The molecule has 0 radical (unpaired) electrons. The topological polar surface area (TPSA) is 142 Å². The third kappa shape index (κ3) is 5.99. The number of halogens is 2. The predicted molar refractivity (Wildman–Crippen MR) is 155 cm³/mol. The first-order chi connectivity index (χ1) is 19.3. The summed E-state index contributed by atoms with van der Waals surface area (Å²) >= 11 is 12.6. The Morgan fingerprint density at radius 1 is 1.18 bits per heavy atom. The Balaban J connectivity index is 0.00000181. The lowest BCUT2D eigenvalue weighted by atomic mass is 9.89. The van der Waals surface area contributed by atoms with Gasteiger partial charge in [0.25, 0.3) is 0 Å². The number of anilines is 1. The molecule has 0 saturated carbocycles. The second kappa shape index (κ2) is 12.8. The number of nitrogens with one attached hydrogen (secondary N) is 2. The molecule has 2 fully saturated rings. The highest BCUT2D eigenvalue weighted by Crippen LogP contribution is 2.37. The van der Waals surface area contributed by atoms with Gasteiger partial charge in [0.05, 0.1) is 47.2 Å². The molecule has 210 valence electrons. The van der Waals surface area contributed by atoms with Crippen molar-refractivity contribution < 1.29 is 14.2 Å². The van der Waals surface area contributed by atoms with E-state index in [9.17, 15) is 5.26 Å². The van der Waals surface area contributed by atoms with Crippen LogP contribution in [0.5, 0.6) is 11.5 Å². The van der Waals surface area contributed by atoms with Gasteiger partial charge in [0.1, 0.15) is 18.0 Å². The first-order valence-corrected chi connectivity index (χ1v) is 13.4. The van der Waals surface area contributed by atoms with Crippen LogP contribution in [0.3, 0.4) is 0 Å². The Hall–Kier alpha value is -3.46. The summed E-state index contributed by atoms with van der Waals surface area (Å²) in [4.78, 5) is 10.6. The number of nitrogens with two attached hydrogens (primary N) is 1. The monoisotopic (exact) mass is 583 g/mol. The van der Waals surface area contributed by atoms with E-state index in [1.165, 1.54) is 19.4 Å². The molecule has 0 aliphatic carbocycles. The number of ether oxygens (including phenoxy) is 3. The van der Waals surface area contributed by atoms with Gasteiger partial charge in [-0.2, -0.15) is 5.26 Å². The predicted octanol–water partition coefficient (Wildman–Crippen LogP) is 3.97. The molecule has 40 heavy (non-hydrogen) atoms. The van der Waals surface area contributed by atoms with Gasteiger partial charge >= 0.3 is 0 Å². The quantitative estimate of drug-likeness (QED) is 0.352. The average Bonchev–Trinajstić information content (AvgIpc) is 2.96. The number of hydrogen-bond donors (Lipinski definition) is 3. The minimum Gasteiger partial charge on any atom is -0.493 e. The molecule has 2 saturated heterocycles. The summed E-state index contributed by atoms with van der Waals surface area (Å²) in [5.74, 6) is 1.53. The molecule has 3 aromatic rings. The first kappa shape index (κ1) is 29.5. The lowest BCUT2D eigenvalue weighted by molar-refractivity contribution is 0.0134. The molecule has 10 nitrogen and oxygen atoms in total. The highest BCUT2D eigenvalue weighted by molar-refractivity contribution is 6.35. The summed E-state index contributed by atoms with van der Waals surface area (Å²) in [5, 5.41) is 23.0. The molecular formula is C28H31Cl2N7O3. The van der Waals surface area contributed by atoms with Crippen molar-refractivity contribution >= 4 is 34.7 Å². The summed E-state index contributed by atoms with van der Waals surface area (Å²) in [6.45, 7) is 5.43. The van der Waals surface area contributed by atoms with E-state index in [-0.39, 0.29) is 11.3 Å². The molecule has 1 aromatic carbocycles. The third-order valence-corrected chi connectivity index (χ3v) is 7.34. The Morgan fingerprint density at radius 3 is 2.52 bits per heavy atom. The van der Waals surface area contributed by atoms with Gasteiger partial charge in [0, 0.05) is 54.9 Å². The summed E-state index contributed by atoms with van der Waals surface area (Å²) in [6.07, 6.45) is 4.13. The summed E-state index contributed by atoms with van der Waals surface area (Å²) in [6, 6.07) is 9.15. The Labute approximate surface area is 243 Å². The highest BCUT2D eigenvalue weighted by Gasteiger charge is 2.45. The van der Waals surface area contributed by atoms with Crippen molar-refractivity contribution in [3.63, 3.8) is 0 Å². The number of nitriles is 1. The Morgan fingerprint density at radius 2 is 1.90 bits per heavy atom. The fourth-order valence-corrected chi connectivity index (χ4v) is 5.49. The molecule has 5 rings (SSSR count). The van der Waals surface area contributed by atoms with Gasteiger partial charge in [-0.3, -0.25) is 10.4 Å². The van der Waals surface area contributed by atoms with Gasteiger partial charge in [-0.25, -0.2) is 4.98 Å². The zero-order chi connectivity index (χ0) is 28.9. The fraction of sp³-hybridized carbons (Fsp3) is 0.357. The first-order valence-electron chi connectivity index (χ1n) is 12.6. The largest absolute Gasteiger partial charge is 0.493 e. The van der Waals surface area contributed by atoms with Gasteiger partial charge in [0.2, 0.25) is 0 Å². The van der Waals surface area contributed by atoms with E-state index in [0.29, 0.717) is 75.9 Å². The molecule has 0 bridgehead atoms. The molecule has 2 aliphatic heterocycles. The van der Waals surface area contributed by atoms with Gasteiger partial charge in [-0.1, -0.05) is 23.2 Å². The minimum atomic E-state index is -0.508. The number of hydrogen-bond acceptors (Lipinski definition) is 10. The van der Waals surface area contributed by atoms with Crippen molar-refractivity contribution in [2.45, 2.75) is 18.6 Å². The van der Waals surface area contributed by atoms with Crippen molar-refractivity contribution in [2.24, 2.45) is 5.73 Å². The van der Waals surface area contributed by atoms with Gasteiger partial charge in [0.15, 0.2) is 11.5 Å². The van der Waals surface area contributed by atoms with Crippen molar-refractivity contribution in [3.05, 3.63) is 75.2 Å². The molecule has 1 spiro atoms. The molecule has 0 amide bonds. The highest BCUT2D eigenvalue weighted by atomic mass is 35.5. The standard InChI is InChI=1S/C27H26Cl2N6O3.CH5N/c1-16(24-20(28)11-32-12-21(24)29)38-23-8-17(3-4-22(23)36-2)25(31)19-7-18(9-30)26(33-10-19)35-13-27(14-35)15-37-6-5-34-27;1-2/h3-4,7-8,10-12,16,31,34H,5-6,13-15H2,1-2H3;2H2,1H3/t16-;/m1./s1. The fourth-order valence-electron chi connectivity index (χ4n) is 4.82. The van der Waals surface area contributed by atoms with Gasteiger partial charge < -0.3 is 30.2 Å². The lowest BCUT2D eigenvalue weighted by Gasteiger charge is -2.52. The van der Waals surface area contributed by atoms with Gasteiger partial charge in [-0.05, 0) is 38.2 Å². The van der Waals surface area contributed by atoms with Crippen molar-refractivity contribution in [1.29, 1.82) is 10.7 Å². The van der Waals surface area contributed by atoms with E-state index in [1.807, 2.05) is 6.92 Å². The number of benzene rings is 1. The van der Waals surface area contributed by atoms with Crippen molar-refractivity contribution in [2.75, 3.05) is 51.9 Å². The number of pyridine rings is 2. The second-order valence-corrected chi connectivity index (χ2v) is 10.2. The Kier molecular flexibility index (Phi) is 9.45. The molecule has 1 atom stereocenters. The van der Waals surface area contributed by atoms with Crippen molar-refractivity contribution in [1.82, 2.24) is 15.3 Å². The van der Waals surface area contributed by atoms with Crippen LogP contribution in [0.1, 0.15) is 35.3 Å². The van der Waals surface area contributed by atoms with Crippen LogP contribution in [0.2, 0.25) is 10.0 Å². The van der Waals surface area contributed by atoms with E-state index >= 15 is 0 Å². The van der Waals surface area contributed by atoms with E-state index in [0.717, 1.165) is 6.54 Å². The van der Waals surface area contributed by atoms with Gasteiger partial charge in [-0.15, -0.1) is 0 Å². The van der Waals surface area contributed by atoms with E-state index in [2.05, 4.69) is 32.0 Å². The number of aromatic nitrogens is 2. The molecule has 2 aromatic heterocycles. The molecule has 2 aliphatic rings. The van der Waals surface area contributed by atoms with Crippen LogP contribution in [0, 0.1) is 16.7 Å². The summed E-state index contributed by atoms with van der Waals surface area (Å²) in [5.41, 5.74) is 6.72. The molecule has 0 unspecified atom stereocenters. The van der Waals surface area contributed by atoms with E-state index in [4.69, 9.17) is 42.8 Å². The van der Waals surface area contributed by atoms with Crippen molar-refractivity contribution in [3.8, 4) is 17.6 Å². The van der Waals surface area contributed by atoms with Crippen LogP contribution >= 0.6 is 23.2 Å². The van der Waals surface area contributed by atoms with Crippen LogP contribution in [0.15, 0.2) is 42.9 Å². The maximum Gasteiger partial charge on any atom is 0.162 e. The van der Waals surface area contributed by atoms with Crippen LogP contribution in [0.4, 0.5) is 5.82 Å². The zero-order valence-electron chi connectivity index (χ0n) is 22.5. The molecule has 4 N–H and O–H groups in total. The number of rotatable bonds is 7. The SMILES string of the molecule is CN.COc1ccc(C(=N)c2cnc(N3CC4(COCCN4)C3)c(C#N)c2)cc1O[C@H](C)c1c(Cl)cncc1Cl. The van der Waals surface area contributed by atoms with Crippen LogP contribution in [-0.2, 0) is 4.74 Å². The van der Waals surface area contributed by atoms with Crippen LogP contribution in [0.25, 0.3) is 0 Å². The molecule has 12 heteroatoms. The van der Waals surface area contributed by atoms with E-state index in [1.54, 1.807) is 37.6 Å². The van der Waals surface area contributed by atoms with Crippen LogP contribution in [-0.4, -0.2) is 68.2 Å². The number of methoxy groups -OCH3 is 1. The maximum atomic E-state index is 9.84. The molecule has 4 heterocycles. The normalized spacial score (nSPS) is 16.2. The number of nitrogens with zero attached hydrogens (tertiary/aromatic N) is 4. The summed E-state index contributed by atoms with van der Waals surface area (Å²) < 4.78 is 17.3. The zero-order valence-corrected chi connectivity index (χ0v) is 24.0.